The Hall–Kier alpha value is -7.60. The van der Waals surface area contributed by atoms with Crippen molar-refractivity contribution in [1.29, 1.82) is 0 Å². The molecular formula is C59H46N4S. The van der Waals surface area contributed by atoms with E-state index < -0.39 is 0 Å². The Balaban J connectivity index is 0.886. The van der Waals surface area contributed by atoms with Crippen molar-refractivity contribution in [2.24, 2.45) is 16.8 Å². The maximum Gasteiger partial charge on any atom is 0.0723 e. The van der Waals surface area contributed by atoms with Crippen LogP contribution in [0.25, 0.3) is 48.4 Å². The highest BCUT2D eigenvalue weighted by molar-refractivity contribution is 7.18. The molecule has 0 saturated heterocycles. The molecule has 0 bridgehead atoms. The highest BCUT2D eigenvalue weighted by Crippen LogP contribution is 2.44. The maximum atomic E-state index is 4.79. The van der Waals surface area contributed by atoms with E-state index in [1.165, 1.54) is 48.8 Å². The van der Waals surface area contributed by atoms with Gasteiger partial charge in [0.25, 0.3) is 0 Å². The second-order valence-electron chi connectivity index (χ2n) is 16.5. The molecule has 2 unspecified atom stereocenters. The number of rotatable bonds is 10. The van der Waals surface area contributed by atoms with Crippen molar-refractivity contribution in [2.75, 3.05) is 9.80 Å². The standard InChI is InChI=1S/C59H46N4S/c1-4-12-42(13-5-1)44-20-28-50(29-21-44)62(56-40-60-38-48-16-8-3-9-18-54(48)56)52-32-24-46(25-33-52)58-36-37-59(64-58)47-26-34-53(35-27-47)63(57-41-61-39-49-17-10-11-19-55(49)57)51-30-22-45(23-31-51)43-14-6-2-7-15-43/h1-4,6-12,14-17,19-41,48,54H,5,13,18H2. The number of nitrogens with zero attached hydrogens (tertiary/aromatic N) is 4. The van der Waals surface area contributed by atoms with Gasteiger partial charge < -0.3 is 9.80 Å². The summed E-state index contributed by atoms with van der Waals surface area (Å²) in [5, 5.41) is 2.26. The lowest BCUT2D eigenvalue weighted by atomic mass is 9.85. The molecule has 2 atom stereocenters. The SMILES string of the molecule is C1=CCCC(c2ccc(N(C3=CN=CC4C=CC=CCC34)c3ccc(-c4ccc(-c5ccc(N(c6ccc(-c7ccccc7)cc6)c6cncc7ccccc67)cc5)s4)cc3)cc2)=C1. The van der Waals surface area contributed by atoms with Gasteiger partial charge in [0.05, 0.1) is 11.9 Å². The van der Waals surface area contributed by atoms with Crippen molar-refractivity contribution in [3.63, 3.8) is 0 Å². The van der Waals surface area contributed by atoms with Gasteiger partial charge in [-0.3, -0.25) is 9.98 Å². The number of aliphatic imine (C=N–C) groups is 1. The Labute approximate surface area is 379 Å². The normalized spacial score (nSPS) is 16.5. The third kappa shape index (κ3) is 7.87. The van der Waals surface area contributed by atoms with Crippen LogP contribution in [0.15, 0.2) is 236 Å². The van der Waals surface area contributed by atoms with E-state index in [9.17, 15) is 0 Å². The molecule has 2 aliphatic carbocycles. The molecule has 4 nitrogen and oxygen atoms in total. The predicted octanol–water partition coefficient (Wildman–Crippen LogP) is 16.3. The van der Waals surface area contributed by atoms with Gasteiger partial charge in [0.1, 0.15) is 0 Å². The minimum Gasteiger partial charge on any atom is -0.312 e. The van der Waals surface area contributed by atoms with Crippen molar-refractivity contribution in [3.8, 4) is 32.0 Å². The minimum atomic E-state index is 0.249. The predicted molar refractivity (Wildman–Crippen MR) is 272 cm³/mol. The lowest BCUT2D eigenvalue weighted by molar-refractivity contribution is 0.548. The number of hydrogen-bond acceptors (Lipinski definition) is 5. The summed E-state index contributed by atoms with van der Waals surface area (Å²) in [4.78, 5) is 16.7. The van der Waals surface area contributed by atoms with Crippen molar-refractivity contribution in [1.82, 2.24) is 4.98 Å². The fraction of sp³-hybridized carbons (Fsp3) is 0.0847. The number of benzene rings is 6. The van der Waals surface area contributed by atoms with Crippen LogP contribution in [0.3, 0.4) is 0 Å². The van der Waals surface area contributed by atoms with E-state index in [4.69, 9.17) is 4.99 Å². The van der Waals surface area contributed by atoms with Crippen molar-refractivity contribution in [3.05, 3.63) is 236 Å². The molecule has 0 amide bonds. The molecule has 3 aliphatic rings. The molecule has 0 spiro atoms. The quantitative estimate of drug-likeness (QED) is 0.137. The van der Waals surface area contributed by atoms with Crippen LogP contribution < -0.4 is 9.80 Å². The molecule has 0 fully saturated rings. The molecule has 64 heavy (non-hydrogen) atoms. The molecule has 308 valence electrons. The van der Waals surface area contributed by atoms with Gasteiger partial charge in [-0.1, -0.05) is 146 Å². The number of thiophene rings is 1. The second-order valence-corrected chi connectivity index (χ2v) is 17.6. The van der Waals surface area contributed by atoms with Crippen molar-refractivity contribution in [2.45, 2.75) is 19.3 Å². The molecule has 5 heteroatoms. The van der Waals surface area contributed by atoms with E-state index in [-0.39, 0.29) is 5.92 Å². The van der Waals surface area contributed by atoms with E-state index in [2.05, 4.69) is 234 Å². The number of fused-ring (bicyclic) bond motifs is 2. The zero-order chi connectivity index (χ0) is 42.7. The second kappa shape index (κ2) is 17.6. The van der Waals surface area contributed by atoms with Crippen LogP contribution in [0.2, 0.25) is 0 Å². The van der Waals surface area contributed by atoms with Crippen molar-refractivity contribution < 1.29 is 0 Å². The Bertz CT molecular complexity index is 3110. The maximum absolute atomic E-state index is 4.79. The van der Waals surface area contributed by atoms with Gasteiger partial charge in [-0.05, 0) is 113 Å². The van der Waals surface area contributed by atoms with E-state index in [1.54, 1.807) is 0 Å². The largest absolute Gasteiger partial charge is 0.312 e. The van der Waals surface area contributed by atoms with E-state index in [0.29, 0.717) is 5.92 Å². The first-order valence-corrected chi connectivity index (χ1v) is 23.0. The van der Waals surface area contributed by atoms with Crippen LogP contribution in [0.1, 0.15) is 24.8 Å². The average Bonchev–Trinajstić information content (AvgIpc) is 3.74. The summed E-state index contributed by atoms with van der Waals surface area (Å²) in [7, 11) is 0. The molecule has 0 saturated carbocycles. The first-order valence-electron chi connectivity index (χ1n) is 22.2. The van der Waals surface area contributed by atoms with Gasteiger partial charge in [-0.15, -0.1) is 11.3 Å². The summed E-state index contributed by atoms with van der Waals surface area (Å²) in [5.41, 5.74) is 14.1. The molecule has 8 aromatic rings. The summed E-state index contributed by atoms with van der Waals surface area (Å²) in [6, 6.07) is 59.5. The van der Waals surface area contributed by atoms with Crippen LogP contribution in [0.4, 0.5) is 28.4 Å². The zero-order valence-electron chi connectivity index (χ0n) is 35.4. The molecule has 6 aromatic carbocycles. The third-order valence-electron chi connectivity index (χ3n) is 12.6. The topological polar surface area (TPSA) is 31.7 Å². The minimum absolute atomic E-state index is 0.249. The molecule has 11 rings (SSSR count). The summed E-state index contributed by atoms with van der Waals surface area (Å²) in [6.07, 6.45) is 26.8. The highest BCUT2D eigenvalue weighted by Gasteiger charge is 2.30. The van der Waals surface area contributed by atoms with Crippen LogP contribution in [0, 0.1) is 11.8 Å². The first-order chi connectivity index (χ1) is 31.7. The van der Waals surface area contributed by atoms with Crippen LogP contribution in [0.5, 0.6) is 0 Å². The summed E-state index contributed by atoms with van der Waals surface area (Å²) < 4.78 is 0. The van der Waals surface area contributed by atoms with Gasteiger partial charge in [-0.2, -0.15) is 0 Å². The van der Waals surface area contributed by atoms with Crippen LogP contribution in [-0.4, -0.2) is 11.2 Å². The monoisotopic (exact) mass is 842 g/mol. The molecule has 0 N–H and O–H groups in total. The number of pyridine rings is 1. The number of allylic oxidation sites excluding steroid dienone is 9. The lowest BCUT2D eigenvalue weighted by Crippen LogP contribution is -2.29. The highest BCUT2D eigenvalue weighted by atomic mass is 32.1. The van der Waals surface area contributed by atoms with Gasteiger partial charge in [0, 0.05) is 79.4 Å². The lowest BCUT2D eigenvalue weighted by Gasteiger charge is -2.35. The number of aromatic nitrogens is 1. The van der Waals surface area contributed by atoms with Crippen LogP contribution >= 0.6 is 11.3 Å². The molecule has 2 aromatic heterocycles. The van der Waals surface area contributed by atoms with Gasteiger partial charge in [0.2, 0.25) is 0 Å². The van der Waals surface area contributed by atoms with Crippen molar-refractivity contribution >= 4 is 62.3 Å². The molecule has 0 radical (unpaired) electrons. The fourth-order valence-corrected chi connectivity index (χ4v) is 10.3. The summed E-state index contributed by atoms with van der Waals surface area (Å²) in [6.45, 7) is 0. The Morgan fingerprint density at radius 3 is 1.80 bits per heavy atom. The first kappa shape index (κ1) is 39.3. The average molecular weight is 843 g/mol. The smallest absolute Gasteiger partial charge is 0.0723 e. The zero-order valence-corrected chi connectivity index (χ0v) is 36.2. The number of anilines is 5. The van der Waals surface area contributed by atoms with E-state index in [0.717, 1.165) is 58.5 Å². The molecular weight excluding hydrogens is 797 g/mol. The van der Waals surface area contributed by atoms with Gasteiger partial charge in [0.15, 0.2) is 0 Å². The van der Waals surface area contributed by atoms with E-state index in [1.807, 2.05) is 23.7 Å². The summed E-state index contributed by atoms with van der Waals surface area (Å²) in [5.74, 6) is 0.541. The van der Waals surface area contributed by atoms with Gasteiger partial charge in [-0.25, -0.2) is 0 Å². The molecule has 1 aliphatic heterocycles. The van der Waals surface area contributed by atoms with Crippen LogP contribution in [-0.2, 0) is 0 Å². The van der Waals surface area contributed by atoms with E-state index >= 15 is 0 Å². The Morgan fingerprint density at radius 2 is 1.12 bits per heavy atom. The Kier molecular flexibility index (Phi) is 10.8. The Morgan fingerprint density at radius 1 is 0.516 bits per heavy atom. The molecule has 3 heterocycles. The van der Waals surface area contributed by atoms with Gasteiger partial charge >= 0.3 is 0 Å². The number of hydrogen-bond donors (Lipinski definition) is 0. The third-order valence-corrected chi connectivity index (χ3v) is 13.8. The summed E-state index contributed by atoms with van der Waals surface area (Å²) >= 11 is 1.83. The fourth-order valence-electron chi connectivity index (χ4n) is 9.25.